The molecule has 0 bridgehead atoms. The second-order valence-corrected chi connectivity index (χ2v) is 5.36. The van der Waals surface area contributed by atoms with Crippen LogP contribution in [-0.4, -0.2) is 24.2 Å². The molecule has 3 rings (SSSR count). The van der Waals surface area contributed by atoms with E-state index in [9.17, 15) is 0 Å². The Morgan fingerprint density at radius 1 is 0.917 bits per heavy atom. The summed E-state index contributed by atoms with van der Waals surface area (Å²) in [5.74, 6) is 2.12. The number of nitrogens with zero attached hydrogens (tertiary/aromatic N) is 2. The topological polar surface area (TPSA) is 56.3 Å². The summed E-state index contributed by atoms with van der Waals surface area (Å²) in [6.07, 6.45) is 1.73. The van der Waals surface area contributed by atoms with E-state index < -0.39 is 0 Å². The lowest BCUT2D eigenvalue weighted by molar-refractivity contribution is 0.414. The van der Waals surface area contributed by atoms with Crippen molar-refractivity contribution >= 4 is 11.6 Å². The molecule has 0 aliphatic heterocycles. The second kappa shape index (κ2) is 7.00. The zero-order chi connectivity index (χ0) is 16.9. The van der Waals surface area contributed by atoms with Crippen LogP contribution in [0.5, 0.6) is 11.5 Å². The van der Waals surface area contributed by atoms with Crippen LogP contribution in [0.15, 0.2) is 54.7 Å². The maximum atomic E-state index is 5.30. The lowest BCUT2D eigenvalue weighted by atomic mass is 10.1. The van der Waals surface area contributed by atoms with Gasteiger partial charge in [-0.1, -0.05) is 12.1 Å². The monoisotopic (exact) mass is 321 g/mol. The van der Waals surface area contributed by atoms with E-state index in [4.69, 9.17) is 9.47 Å². The molecule has 0 fully saturated rings. The molecule has 0 spiro atoms. The molecule has 3 aromatic rings. The highest BCUT2D eigenvalue weighted by atomic mass is 16.5. The van der Waals surface area contributed by atoms with E-state index in [0.29, 0.717) is 5.95 Å². The molecular formula is C19H19N3O2. The van der Waals surface area contributed by atoms with Gasteiger partial charge in [0.05, 0.1) is 19.9 Å². The lowest BCUT2D eigenvalue weighted by Gasteiger charge is -2.10. The molecule has 24 heavy (non-hydrogen) atoms. The highest BCUT2D eigenvalue weighted by Crippen LogP contribution is 2.25. The van der Waals surface area contributed by atoms with Crippen LogP contribution in [0.1, 0.15) is 5.56 Å². The number of aromatic nitrogens is 2. The molecule has 0 amide bonds. The maximum Gasteiger partial charge on any atom is 0.227 e. The average Bonchev–Trinajstić information content (AvgIpc) is 2.61. The van der Waals surface area contributed by atoms with Crippen molar-refractivity contribution in [3.63, 3.8) is 0 Å². The molecule has 0 aliphatic carbocycles. The van der Waals surface area contributed by atoms with Crippen LogP contribution in [-0.2, 0) is 0 Å². The van der Waals surface area contributed by atoms with Gasteiger partial charge in [-0.3, -0.25) is 0 Å². The number of ether oxygens (including phenoxy) is 2. The van der Waals surface area contributed by atoms with Gasteiger partial charge in [0, 0.05) is 23.5 Å². The zero-order valence-electron chi connectivity index (χ0n) is 13.9. The summed E-state index contributed by atoms with van der Waals surface area (Å²) < 4.78 is 10.6. The van der Waals surface area contributed by atoms with Crippen LogP contribution in [0.2, 0.25) is 0 Å². The Hall–Kier alpha value is -3.08. The van der Waals surface area contributed by atoms with Gasteiger partial charge in [-0.2, -0.15) is 0 Å². The van der Waals surface area contributed by atoms with E-state index in [2.05, 4.69) is 15.3 Å². The first-order chi connectivity index (χ1) is 11.7. The van der Waals surface area contributed by atoms with Crippen molar-refractivity contribution in [3.05, 3.63) is 60.3 Å². The molecule has 122 valence electrons. The van der Waals surface area contributed by atoms with Gasteiger partial charge in [-0.15, -0.1) is 0 Å². The molecule has 0 radical (unpaired) electrons. The molecule has 0 atom stereocenters. The predicted octanol–water partition coefficient (Wildman–Crippen LogP) is 4.21. The normalized spacial score (nSPS) is 10.3. The fraction of sp³-hybridized carbons (Fsp3) is 0.158. The summed E-state index contributed by atoms with van der Waals surface area (Å²) in [6, 6.07) is 15.6. The predicted molar refractivity (Wildman–Crippen MR) is 95.0 cm³/mol. The van der Waals surface area contributed by atoms with Crippen molar-refractivity contribution < 1.29 is 9.47 Å². The van der Waals surface area contributed by atoms with E-state index in [1.165, 1.54) is 0 Å². The summed E-state index contributed by atoms with van der Waals surface area (Å²) in [4.78, 5) is 8.87. The minimum absolute atomic E-state index is 0.531. The molecular weight excluding hydrogens is 302 g/mol. The summed E-state index contributed by atoms with van der Waals surface area (Å²) in [6.45, 7) is 2.02. The third-order valence-electron chi connectivity index (χ3n) is 3.56. The Morgan fingerprint density at radius 2 is 1.75 bits per heavy atom. The van der Waals surface area contributed by atoms with Gasteiger partial charge in [0.2, 0.25) is 5.95 Å². The van der Waals surface area contributed by atoms with Crippen LogP contribution < -0.4 is 14.8 Å². The van der Waals surface area contributed by atoms with Crippen molar-refractivity contribution in [3.8, 4) is 22.8 Å². The van der Waals surface area contributed by atoms with Crippen molar-refractivity contribution in [2.24, 2.45) is 0 Å². The molecule has 1 aromatic heterocycles. The Labute approximate surface area is 141 Å². The summed E-state index contributed by atoms with van der Waals surface area (Å²) >= 11 is 0. The number of methoxy groups -OCH3 is 2. The Bertz CT molecular complexity index is 850. The number of nitrogens with one attached hydrogen (secondary N) is 1. The number of anilines is 2. The lowest BCUT2D eigenvalue weighted by Crippen LogP contribution is -1.99. The summed E-state index contributed by atoms with van der Waals surface area (Å²) in [5.41, 5.74) is 3.78. The molecule has 0 aliphatic rings. The number of rotatable bonds is 5. The molecule has 0 unspecified atom stereocenters. The summed E-state index contributed by atoms with van der Waals surface area (Å²) in [5, 5.41) is 3.22. The van der Waals surface area contributed by atoms with Crippen molar-refractivity contribution in [1.29, 1.82) is 0 Å². The van der Waals surface area contributed by atoms with Gasteiger partial charge in [-0.25, -0.2) is 9.97 Å². The number of hydrogen-bond donors (Lipinski definition) is 1. The summed E-state index contributed by atoms with van der Waals surface area (Å²) in [7, 11) is 3.30. The van der Waals surface area contributed by atoms with E-state index >= 15 is 0 Å². The van der Waals surface area contributed by atoms with Gasteiger partial charge >= 0.3 is 0 Å². The number of hydrogen-bond acceptors (Lipinski definition) is 5. The van der Waals surface area contributed by atoms with Crippen LogP contribution in [0, 0.1) is 6.92 Å². The first kappa shape index (κ1) is 15.8. The second-order valence-electron chi connectivity index (χ2n) is 5.36. The van der Waals surface area contributed by atoms with E-state index in [-0.39, 0.29) is 0 Å². The van der Waals surface area contributed by atoms with Crippen LogP contribution >= 0.6 is 0 Å². The van der Waals surface area contributed by atoms with Crippen molar-refractivity contribution in [1.82, 2.24) is 9.97 Å². The SMILES string of the molecule is COc1cc(C)cc(Nc2nccc(-c3cccc(OC)c3)n2)c1. The van der Waals surface area contributed by atoms with Crippen LogP contribution in [0.3, 0.4) is 0 Å². The standard InChI is InChI=1S/C19H19N3O2/c1-13-9-15(12-17(10-13)24-3)21-19-20-8-7-18(22-19)14-5-4-6-16(11-14)23-2/h4-12H,1-3H3,(H,20,21,22). The third-order valence-corrected chi connectivity index (χ3v) is 3.56. The Morgan fingerprint density at radius 3 is 2.54 bits per heavy atom. The van der Waals surface area contributed by atoms with Gasteiger partial charge in [-0.05, 0) is 42.8 Å². The van der Waals surface area contributed by atoms with Gasteiger partial charge in [0.25, 0.3) is 0 Å². The largest absolute Gasteiger partial charge is 0.497 e. The smallest absolute Gasteiger partial charge is 0.227 e. The number of benzene rings is 2. The minimum atomic E-state index is 0.531. The van der Waals surface area contributed by atoms with Gasteiger partial charge in [0.15, 0.2) is 0 Å². The zero-order valence-corrected chi connectivity index (χ0v) is 13.9. The van der Waals surface area contributed by atoms with Gasteiger partial charge in [0.1, 0.15) is 11.5 Å². The first-order valence-corrected chi connectivity index (χ1v) is 7.58. The van der Waals surface area contributed by atoms with Crippen molar-refractivity contribution in [2.45, 2.75) is 6.92 Å². The van der Waals surface area contributed by atoms with E-state index in [1.54, 1.807) is 20.4 Å². The van der Waals surface area contributed by atoms with Crippen molar-refractivity contribution in [2.75, 3.05) is 19.5 Å². The van der Waals surface area contributed by atoms with Crippen LogP contribution in [0.4, 0.5) is 11.6 Å². The molecule has 0 saturated heterocycles. The average molecular weight is 321 g/mol. The Balaban J connectivity index is 1.89. The molecule has 5 heteroatoms. The number of aryl methyl sites for hydroxylation is 1. The van der Waals surface area contributed by atoms with Crippen LogP contribution in [0.25, 0.3) is 11.3 Å². The first-order valence-electron chi connectivity index (χ1n) is 7.58. The fourth-order valence-electron chi connectivity index (χ4n) is 2.43. The third kappa shape index (κ3) is 3.63. The minimum Gasteiger partial charge on any atom is -0.497 e. The molecule has 1 N–H and O–H groups in total. The quantitative estimate of drug-likeness (QED) is 0.763. The maximum absolute atomic E-state index is 5.30. The molecule has 1 heterocycles. The molecule has 5 nitrogen and oxygen atoms in total. The highest BCUT2D eigenvalue weighted by molar-refractivity contribution is 5.64. The Kier molecular flexibility index (Phi) is 4.61. The highest BCUT2D eigenvalue weighted by Gasteiger charge is 2.05. The fourth-order valence-corrected chi connectivity index (χ4v) is 2.43. The molecule has 0 saturated carbocycles. The van der Waals surface area contributed by atoms with E-state index in [1.807, 2.05) is 55.5 Å². The molecule has 2 aromatic carbocycles. The van der Waals surface area contributed by atoms with E-state index in [0.717, 1.165) is 34.0 Å². The van der Waals surface area contributed by atoms with Gasteiger partial charge < -0.3 is 14.8 Å².